The monoisotopic (exact) mass is 238 g/mol. The molecule has 17 heavy (non-hydrogen) atoms. The summed E-state index contributed by atoms with van der Waals surface area (Å²) in [5.41, 5.74) is -0.168. The van der Waals surface area contributed by atoms with Crippen LogP contribution in [0.4, 0.5) is 0 Å². The van der Waals surface area contributed by atoms with Gasteiger partial charge in [-0.25, -0.2) is 0 Å². The molecule has 2 unspecified atom stereocenters. The molecule has 1 spiro atoms. The highest BCUT2D eigenvalue weighted by atomic mass is 16.5. The van der Waals surface area contributed by atoms with E-state index >= 15 is 0 Å². The van der Waals surface area contributed by atoms with Gasteiger partial charge in [-0.15, -0.1) is 0 Å². The van der Waals surface area contributed by atoms with Crippen molar-refractivity contribution in [1.29, 1.82) is 0 Å². The van der Waals surface area contributed by atoms with Gasteiger partial charge in [0.15, 0.2) is 0 Å². The first-order chi connectivity index (χ1) is 8.25. The first kappa shape index (κ1) is 11.5. The molecule has 3 fully saturated rings. The van der Waals surface area contributed by atoms with Gasteiger partial charge in [-0.3, -0.25) is 10.1 Å². The van der Waals surface area contributed by atoms with Crippen molar-refractivity contribution in [3.63, 3.8) is 0 Å². The Kier molecular flexibility index (Phi) is 2.87. The minimum atomic E-state index is -0.168. The number of carbonyl (C=O) groups is 1. The molecule has 0 aromatic rings. The fraction of sp³-hybridized carbons (Fsp3) is 0.923. The molecule has 3 rings (SSSR count). The van der Waals surface area contributed by atoms with Crippen LogP contribution < -0.4 is 5.32 Å². The van der Waals surface area contributed by atoms with Crippen LogP contribution in [0, 0.1) is 0 Å². The first-order valence-electron chi connectivity index (χ1n) is 6.95. The summed E-state index contributed by atoms with van der Waals surface area (Å²) in [6, 6.07) is 0. The van der Waals surface area contributed by atoms with Gasteiger partial charge in [0.1, 0.15) is 0 Å². The van der Waals surface area contributed by atoms with Crippen LogP contribution in [-0.4, -0.2) is 41.8 Å². The van der Waals surface area contributed by atoms with Crippen LogP contribution in [0.3, 0.4) is 0 Å². The van der Waals surface area contributed by atoms with Gasteiger partial charge >= 0.3 is 0 Å². The number of ether oxygens (including phenoxy) is 1. The minimum absolute atomic E-state index is 0.168. The van der Waals surface area contributed by atoms with E-state index in [4.69, 9.17) is 4.74 Å². The van der Waals surface area contributed by atoms with E-state index in [1.54, 1.807) is 0 Å². The van der Waals surface area contributed by atoms with Gasteiger partial charge < -0.3 is 9.64 Å². The zero-order chi connectivity index (χ0) is 11.9. The molecule has 4 nitrogen and oxygen atoms in total. The third kappa shape index (κ3) is 1.97. The number of nitrogens with zero attached hydrogens (tertiary/aromatic N) is 1. The van der Waals surface area contributed by atoms with Crippen LogP contribution in [0.5, 0.6) is 0 Å². The molecule has 0 radical (unpaired) electrons. The molecule has 0 aromatic heterocycles. The normalized spacial score (nSPS) is 34.9. The van der Waals surface area contributed by atoms with Crippen LogP contribution in [-0.2, 0) is 9.53 Å². The maximum absolute atomic E-state index is 12.4. The van der Waals surface area contributed by atoms with Crippen molar-refractivity contribution in [3.05, 3.63) is 0 Å². The second-order valence-corrected chi connectivity index (χ2v) is 5.62. The van der Waals surface area contributed by atoms with E-state index < -0.39 is 0 Å². The number of rotatable bonds is 4. The van der Waals surface area contributed by atoms with E-state index in [1.165, 1.54) is 0 Å². The van der Waals surface area contributed by atoms with E-state index in [-0.39, 0.29) is 17.8 Å². The van der Waals surface area contributed by atoms with Crippen molar-refractivity contribution < 1.29 is 9.53 Å². The lowest BCUT2D eigenvalue weighted by molar-refractivity contribution is -0.132. The lowest BCUT2D eigenvalue weighted by Crippen LogP contribution is -2.41. The van der Waals surface area contributed by atoms with Gasteiger partial charge in [-0.1, -0.05) is 13.3 Å². The molecule has 1 amide bonds. The predicted octanol–water partition coefficient (Wildman–Crippen LogP) is 1.26. The van der Waals surface area contributed by atoms with Gasteiger partial charge in [0.05, 0.1) is 17.8 Å². The number of nitrogens with one attached hydrogen (secondary N) is 1. The predicted molar refractivity (Wildman–Crippen MR) is 64.5 cm³/mol. The van der Waals surface area contributed by atoms with Crippen LogP contribution in [0.1, 0.15) is 45.4 Å². The van der Waals surface area contributed by atoms with Crippen molar-refractivity contribution in [2.24, 2.45) is 0 Å². The van der Waals surface area contributed by atoms with E-state index in [0.717, 1.165) is 51.7 Å². The molecule has 1 N–H and O–H groups in total. The van der Waals surface area contributed by atoms with Crippen LogP contribution >= 0.6 is 0 Å². The number of hydrogen-bond donors (Lipinski definition) is 1. The third-order valence-electron chi connectivity index (χ3n) is 4.23. The van der Waals surface area contributed by atoms with Gasteiger partial charge in [0, 0.05) is 13.2 Å². The van der Waals surface area contributed by atoms with Crippen LogP contribution in [0.25, 0.3) is 0 Å². The number of hydrogen-bond acceptors (Lipinski definition) is 3. The fourth-order valence-corrected chi connectivity index (χ4v) is 3.08. The minimum Gasteiger partial charge on any atom is -0.376 e. The number of amides is 1. The molecule has 0 bridgehead atoms. The first-order valence-corrected chi connectivity index (χ1v) is 6.95. The molecule has 2 heterocycles. The maximum atomic E-state index is 12.4. The summed E-state index contributed by atoms with van der Waals surface area (Å²) in [6.45, 7) is 3.83. The maximum Gasteiger partial charge on any atom is 0.244 e. The third-order valence-corrected chi connectivity index (χ3v) is 4.23. The van der Waals surface area contributed by atoms with Crippen LogP contribution in [0.2, 0.25) is 0 Å². The quantitative estimate of drug-likeness (QED) is 0.801. The molecular formula is C13H22N2O2. The molecule has 0 aromatic carbocycles. The molecule has 96 valence electrons. The van der Waals surface area contributed by atoms with Gasteiger partial charge in [0.25, 0.3) is 0 Å². The Hall–Kier alpha value is -0.610. The average molecular weight is 238 g/mol. The smallest absolute Gasteiger partial charge is 0.244 e. The Morgan fingerprint density at radius 3 is 2.94 bits per heavy atom. The summed E-state index contributed by atoms with van der Waals surface area (Å²) in [5.74, 6) is 0.325. The summed E-state index contributed by atoms with van der Waals surface area (Å²) < 4.78 is 5.66. The second-order valence-electron chi connectivity index (χ2n) is 5.62. The van der Waals surface area contributed by atoms with Crippen molar-refractivity contribution in [3.8, 4) is 0 Å². The molecule has 4 heteroatoms. The highest BCUT2D eigenvalue weighted by Crippen LogP contribution is 2.43. The number of carbonyl (C=O) groups excluding carboxylic acids is 1. The zero-order valence-corrected chi connectivity index (χ0v) is 10.6. The largest absolute Gasteiger partial charge is 0.376 e. The summed E-state index contributed by atoms with van der Waals surface area (Å²) >= 11 is 0. The Labute approximate surface area is 103 Å². The fourth-order valence-electron chi connectivity index (χ4n) is 3.08. The van der Waals surface area contributed by atoms with E-state index in [0.29, 0.717) is 5.91 Å². The molecular weight excluding hydrogens is 216 g/mol. The Balaban J connectivity index is 1.68. The van der Waals surface area contributed by atoms with Crippen molar-refractivity contribution in [2.45, 2.75) is 63.3 Å². The van der Waals surface area contributed by atoms with Crippen LogP contribution in [0.15, 0.2) is 0 Å². The van der Waals surface area contributed by atoms with Crippen molar-refractivity contribution in [2.75, 3.05) is 13.2 Å². The lowest BCUT2D eigenvalue weighted by Gasteiger charge is -2.26. The molecule has 1 aliphatic carbocycles. The Morgan fingerprint density at radius 1 is 1.53 bits per heavy atom. The highest BCUT2D eigenvalue weighted by molar-refractivity contribution is 5.91. The molecule has 2 atom stereocenters. The molecule has 1 saturated carbocycles. The standard InChI is InChI=1S/C13H22N2O2/c1-2-4-11-14-13(6-7-13)12(16)15(11)9-10-5-3-8-17-10/h10-11,14H,2-9H2,1H3. The van der Waals surface area contributed by atoms with E-state index in [9.17, 15) is 4.79 Å². The molecule has 2 aliphatic heterocycles. The zero-order valence-electron chi connectivity index (χ0n) is 10.6. The second kappa shape index (κ2) is 4.25. The summed E-state index contributed by atoms with van der Waals surface area (Å²) in [5, 5.41) is 3.54. The van der Waals surface area contributed by atoms with E-state index in [2.05, 4.69) is 12.2 Å². The van der Waals surface area contributed by atoms with Gasteiger partial charge in [0.2, 0.25) is 5.91 Å². The highest BCUT2D eigenvalue weighted by Gasteiger charge is 2.58. The summed E-state index contributed by atoms with van der Waals surface area (Å²) in [7, 11) is 0. The van der Waals surface area contributed by atoms with Gasteiger partial charge in [-0.2, -0.15) is 0 Å². The topological polar surface area (TPSA) is 41.6 Å². The SMILES string of the molecule is CCCC1NC2(CC2)C(=O)N1CC1CCCO1. The van der Waals surface area contributed by atoms with Gasteiger partial charge in [-0.05, 0) is 32.1 Å². The van der Waals surface area contributed by atoms with Crippen molar-refractivity contribution in [1.82, 2.24) is 10.2 Å². The Bertz CT molecular complexity index is 309. The summed E-state index contributed by atoms with van der Waals surface area (Å²) in [6.07, 6.45) is 6.98. The average Bonchev–Trinajstić information content (AvgIpc) is 2.83. The van der Waals surface area contributed by atoms with E-state index in [1.807, 2.05) is 4.90 Å². The van der Waals surface area contributed by atoms with Crippen molar-refractivity contribution >= 4 is 5.91 Å². The summed E-state index contributed by atoms with van der Waals surface area (Å²) in [4.78, 5) is 14.4. The Morgan fingerprint density at radius 2 is 2.35 bits per heavy atom. The molecule has 3 aliphatic rings. The lowest BCUT2D eigenvalue weighted by atomic mass is 10.2. The molecule has 2 saturated heterocycles.